The third kappa shape index (κ3) is 3.75. The van der Waals surface area contributed by atoms with E-state index in [9.17, 15) is 0 Å². The van der Waals surface area contributed by atoms with Gasteiger partial charge in [0.2, 0.25) is 0 Å². The molecule has 0 amide bonds. The highest BCUT2D eigenvalue weighted by Gasteiger charge is 2.18. The van der Waals surface area contributed by atoms with E-state index in [0.717, 1.165) is 12.5 Å². The zero-order valence-corrected chi connectivity index (χ0v) is 8.66. The van der Waals surface area contributed by atoms with Gasteiger partial charge < -0.3 is 4.90 Å². The van der Waals surface area contributed by atoms with Crippen molar-refractivity contribution in [1.29, 1.82) is 5.26 Å². The Labute approximate surface area is 80.9 Å². The maximum Gasteiger partial charge on any atom is 0.0863 e. The normalized spacial score (nSPS) is 24.6. The first-order valence-electron chi connectivity index (χ1n) is 4.96. The molecule has 0 spiro atoms. The molecule has 1 aliphatic rings. The van der Waals surface area contributed by atoms with E-state index in [-0.39, 0.29) is 0 Å². The fraction of sp³-hybridized carbons (Fsp3) is 0.900. The zero-order chi connectivity index (χ0) is 9.68. The third-order valence-corrected chi connectivity index (χ3v) is 2.63. The highest BCUT2D eigenvalue weighted by atomic mass is 15.1. The summed E-state index contributed by atoms with van der Waals surface area (Å²) in [5.74, 6) is 0.761. The van der Waals surface area contributed by atoms with Gasteiger partial charge in [-0.25, -0.2) is 0 Å². The van der Waals surface area contributed by atoms with Gasteiger partial charge in [-0.15, -0.1) is 0 Å². The fourth-order valence-corrected chi connectivity index (χ4v) is 2.05. The van der Waals surface area contributed by atoms with Gasteiger partial charge in [0, 0.05) is 13.1 Å². The summed E-state index contributed by atoms with van der Waals surface area (Å²) in [5.41, 5.74) is 0. The molecule has 0 aromatic rings. The van der Waals surface area contributed by atoms with Gasteiger partial charge in [-0.1, -0.05) is 0 Å². The highest BCUT2D eigenvalue weighted by molar-refractivity contribution is 4.78. The van der Waals surface area contributed by atoms with Crippen molar-refractivity contribution in [2.45, 2.75) is 12.8 Å². The summed E-state index contributed by atoms with van der Waals surface area (Å²) in [5, 5.41) is 8.52. The summed E-state index contributed by atoms with van der Waals surface area (Å²) in [6, 6.07) is 2.18. The van der Waals surface area contributed by atoms with Crippen LogP contribution in [-0.4, -0.2) is 50.1 Å². The van der Waals surface area contributed by atoms with Gasteiger partial charge in [0.25, 0.3) is 0 Å². The Kier molecular flexibility index (Phi) is 4.20. The second kappa shape index (κ2) is 5.21. The minimum Gasteiger partial charge on any atom is -0.306 e. The first kappa shape index (κ1) is 10.5. The summed E-state index contributed by atoms with van der Waals surface area (Å²) in [4.78, 5) is 4.50. The number of piperidine rings is 1. The van der Waals surface area contributed by atoms with Crippen LogP contribution in [0, 0.1) is 17.2 Å². The largest absolute Gasteiger partial charge is 0.306 e. The molecule has 1 rings (SSSR count). The summed E-state index contributed by atoms with van der Waals surface area (Å²) >= 11 is 0. The van der Waals surface area contributed by atoms with E-state index in [1.807, 2.05) is 7.05 Å². The van der Waals surface area contributed by atoms with Crippen LogP contribution in [0.4, 0.5) is 0 Å². The lowest BCUT2D eigenvalue weighted by atomic mass is 9.98. The Balaban J connectivity index is 2.24. The summed E-state index contributed by atoms with van der Waals surface area (Å²) in [7, 11) is 4.20. The van der Waals surface area contributed by atoms with Gasteiger partial charge in [-0.2, -0.15) is 5.26 Å². The molecule has 0 aromatic heterocycles. The van der Waals surface area contributed by atoms with Crippen LogP contribution in [-0.2, 0) is 0 Å². The summed E-state index contributed by atoms with van der Waals surface area (Å²) < 4.78 is 0. The van der Waals surface area contributed by atoms with Crippen molar-refractivity contribution in [3.63, 3.8) is 0 Å². The zero-order valence-electron chi connectivity index (χ0n) is 8.66. The minimum atomic E-state index is 0.556. The molecular formula is C10H19N3. The first-order valence-corrected chi connectivity index (χ1v) is 4.96. The van der Waals surface area contributed by atoms with E-state index in [1.165, 1.54) is 25.9 Å². The molecule has 0 radical (unpaired) electrons. The summed E-state index contributed by atoms with van der Waals surface area (Å²) in [6.45, 7) is 4.05. The van der Waals surface area contributed by atoms with Crippen molar-refractivity contribution >= 4 is 0 Å². The van der Waals surface area contributed by atoms with Crippen LogP contribution >= 0.6 is 0 Å². The standard InChI is InChI=1S/C10H19N3/c1-12-6-3-4-10(8-12)9-13(2)7-5-11/h10H,3-4,6-9H2,1-2H3. The van der Waals surface area contributed by atoms with Gasteiger partial charge in [0.15, 0.2) is 0 Å². The van der Waals surface area contributed by atoms with Crippen LogP contribution < -0.4 is 0 Å². The van der Waals surface area contributed by atoms with E-state index < -0.39 is 0 Å². The van der Waals surface area contributed by atoms with Crippen LogP contribution in [0.5, 0.6) is 0 Å². The summed E-state index contributed by atoms with van der Waals surface area (Å²) in [6.07, 6.45) is 2.63. The SMILES string of the molecule is CN(CC#N)CC1CCCN(C)C1. The second-order valence-electron chi connectivity index (χ2n) is 4.13. The number of nitriles is 1. The fourth-order valence-electron chi connectivity index (χ4n) is 2.05. The van der Waals surface area contributed by atoms with Crippen molar-refractivity contribution in [2.24, 2.45) is 5.92 Å². The van der Waals surface area contributed by atoms with Crippen LogP contribution in [0.3, 0.4) is 0 Å². The predicted molar refractivity (Wildman–Crippen MR) is 53.3 cm³/mol. The predicted octanol–water partition coefficient (Wildman–Crippen LogP) is 0.784. The lowest BCUT2D eigenvalue weighted by molar-refractivity contribution is 0.173. The topological polar surface area (TPSA) is 30.3 Å². The van der Waals surface area contributed by atoms with Crippen molar-refractivity contribution in [1.82, 2.24) is 9.80 Å². The highest BCUT2D eigenvalue weighted by Crippen LogP contribution is 2.15. The molecule has 1 unspecified atom stereocenters. The molecular weight excluding hydrogens is 162 g/mol. The molecule has 74 valence electrons. The molecule has 3 heteroatoms. The molecule has 1 fully saturated rings. The van der Waals surface area contributed by atoms with Crippen LogP contribution in [0.1, 0.15) is 12.8 Å². The molecule has 3 nitrogen and oxygen atoms in total. The van der Waals surface area contributed by atoms with Gasteiger partial charge in [0.05, 0.1) is 12.6 Å². The number of rotatable bonds is 3. The smallest absolute Gasteiger partial charge is 0.0863 e. The third-order valence-electron chi connectivity index (χ3n) is 2.63. The van der Waals surface area contributed by atoms with Crippen molar-refractivity contribution in [3.05, 3.63) is 0 Å². The number of likely N-dealkylation sites (tertiary alicyclic amines) is 1. The van der Waals surface area contributed by atoms with Gasteiger partial charge in [-0.05, 0) is 39.4 Å². The maximum absolute atomic E-state index is 8.52. The lowest BCUT2D eigenvalue weighted by Crippen LogP contribution is -2.38. The maximum atomic E-state index is 8.52. The van der Waals surface area contributed by atoms with E-state index in [2.05, 4.69) is 22.9 Å². The molecule has 1 heterocycles. The minimum absolute atomic E-state index is 0.556. The monoisotopic (exact) mass is 181 g/mol. The molecule has 1 atom stereocenters. The average molecular weight is 181 g/mol. The number of nitrogens with zero attached hydrogens (tertiary/aromatic N) is 3. The Morgan fingerprint density at radius 1 is 1.62 bits per heavy atom. The quantitative estimate of drug-likeness (QED) is 0.603. The Hall–Kier alpha value is -0.590. The van der Waals surface area contributed by atoms with Gasteiger partial charge in [0.1, 0.15) is 0 Å². The van der Waals surface area contributed by atoms with Crippen molar-refractivity contribution in [3.8, 4) is 6.07 Å². The Bertz CT molecular complexity index is 185. The second-order valence-corrected chi connectivity index (χ2v) is 4.13. The van der Waals surface area contributed by atoms with E-state index in [4.69, 9.17) is 5.26 Å². The number of hydrogen-bond donors (Lipinski definition) is 0. The average Bonchev–Trinajstić information content (AvgIpc) is 2.04. The molecule has 0 aromatic carbocycles. The van der Waals surface area contributed by atoms with Crippen LogP contribution in [0.15, 0.2) is 0 Å². The van der Waals surface area contributed by atoms with Crippen molar-refractivity contribution < 1.29 is 0 Å². The van der Waals surface area contributed by atoms with Crippen LogP contribution in [0.2, 0.25) is 0 Å². The van der Waals surface area contributed by atoms with E-state index >= 15 is 0 Å². The van der Waals surface area contributed by atoms with Gasteiger partial charge in [-0.3, -0.25) is 4.90 Å². The molecule has 1 aliphatic heterocycles. The van der Waals surface area contributed by atoms with Gasteiger partial charge >= 0.3 is 0 Å². The molecule has 13 heavy (non-hydrogen) atoms. The molecule has 0 bridgehead atoms. The lowest BCUT2D eigenvalue weighted by Gasteiger charge is -2.31. The van der Waals surface area contributed by atoms with Crippen molar-refractivity contribution in [2.75, 3.05) is 40.3 Å². The molecule has 0 saturated carbocycles. The Morgan fingerprint density at radius 2 is 2.38 bits per heavy atom. The van der Waals surface area contributed by atoms with E-state index in [0.29, 0.717) is 6.54 Å². The molecule has 0 aliphatic carbocycles. The molecule has 0 N–H and O–H groups in total. The molecule has 1 saturated heterocycles. The Morgan fingerprint density at radius 3 is 3.00 bits per heavy atom. The number of hydrogen-bond acceptors (Lipinski definition) is 3. The first-order chi connectivity index (χ1) is 6.22. The van der Waals surface area contributed by atoms with E-state index in [1.54, 1.807) is 0 Å². The van der Waals surface area contributed by atoms with Crippen LogP contribution in [0.25, 0.3) is 0 Å².